The van der Waals surface area contributed by atoms with E-state index in [4.69, 9.17) is 10.8 Å². The highest BCUT2D eigenvalue weighted by atomic mass is 19.1. The van der Waals surface area contributed by atoms with Gasteiger partial charge in [-0.15, -0.1) is 0 Å². The van der Waals surface area contributed by atoms with Gasteiger partial charge in [-0.2, -0.15) is 0 Å². The van der Waals surface area contributed by atoms with Crippen LogP contribution in [0, 0.1) is 5.82 Å². The van der Waals surface area contributed by atoms with Gasteiger partial charge in [-0.25, -0.2) is 9.37 Å². The molecule has 0 aliphatic rings. The van der Waals surface area contributed by atoms with E-state index in [-0.39, 0.29) is 11.7 Å². The molecular weight excluding hydrogens is 571 g/mol. The second-order valence-corrected chi connectivity index (χ2v) is 11.8. The van der Waals surface area contributed by atoms with Crippen molar-refractivity contribution >= 4 is 11.1 Å². The zero-order valence-corrected chi connectivity index (χ0v) is 25.8. The van der Waals surface area contributed by atoms with Crippen LogP contribution in [0.1, 0.15) is 50.6 Å². The Labute approximate surface area is 269 Å². The van der Waals surface area contributed by atoms with E-state index in [1.54, 1.807) is 12.1 Å². The van der Waals surface area contributed by atoms with E-state index in [1.165, 1.54) is 6.20 Å². The van der Waals surface area contributed by atoms with Crippen molar-refractivity contribution in [2.45, 2.75) is 32.6 Å². The number of aromatic hydroxyl groups is 1. The van der Waals surface area contributed by atoms with Crippen LogP contribution in [-0.4, -0.2) is 15.1 Å². The number of pyridine rings is 1. The van der Waals surface area contributed by atoms with Crippen molar-refractivity contribution in [2.75, 3.05) is 0 Å². The number of phenolic OH excluding ortho intramolecular Hbond substituents is 1. The van der Waals surface area contributed by atoms with Gasteiger partial charge < -0.3 is 9.52 Å². The summed E-state index contributed by atoms with van der Waals surface area (Å²) < 4.78 is 30.0. The molecule has 0 radical (unpaired) electrons. The van der Waals surface area contributed by atoms with Crippen LogP contribution in [0.4, 0.5) is 4.39 Å². The van der Waals surface area contributed by atoms with Gasteiger partial charge in [0, 0.05) is 24.0 Å². The van der Waals surface area contributed by atoms with E-state index in [0.29, 0.717) is 33.8 Å². The molecule has 0 bridgehead atoms. The molecule has 0 saturated heterocycles. The van der Waals surface area contributed by atoms with Crippen molar-refractivity contribution in [1.82, 2.24) is 9.97 Å². The zero-order valence-electron chi connectivity index (χ0n) is 26.8. The number of para-hydroxylation sites is 1. The van der Waals surface area contributed by atoms with Crippen molar-refractivity contribution in [1.29, 1.82) is 0 Å². The fourth-order valence-electron chi connectivity index (χ4n) is 5.88. The average Bonchev–Trinajstić information content (AvgIpc) is 3.52. The number of fused-ring (bicyclic) bond motifs is 1. The maximum atomic E-state index is 14.9. The van der Waals surface area contributed by atoms with Gasteiger partial charge in [0.15, 0.2) is 5.58 Å². The van der Waals surface area contributed by atoms with Crippen molar-refractivity contribution in [2.24, 2.45) is 0 Å². The summed E-state index contributed by atoms with van der Waals surface area (Å²) in [4.78, 5) is 9.32. The number of phenols is 1. The van der Waals surface area contributed by atoms with Crippen LogP contribution in [0.5, 0.6) is 5.75 Å². The number of rotatable bonds is 7. The molecule has 0 amide bonds. The SMILES string of the molecule is [2H]C(C)(C)c1cc(-c2cc(-c3ccccc3)c(F)cn2)cc(-c2cccc3oc(-c4ccc(C(C)c5ccccc5)cc4O)nc23)c1. The minimum Gasteiger partial charge on any atom is -0.507 e. The number of aromatic nitrogens is 2. The van der Waals surface area contributed by atoms with Gasteiger partial charge in [-0.3, -0.25) is 4.98 Å². The Morgan fingerprint density at radius 2 is 1.41 bits per heavy atom. The van der Waals surface area contributed by atoms with Crippen LogP contribution in [0.15, 0.2) is 132 Å². The fraction of sp³-hybridized carbons (Fsp3) is 0.122. The molecule has 2 heterocycles. The summed E-state index contributed by atoms with van der Waals surface area (Å²) in [6.45, 7) is 5.78. The van der Waals surface area contributed by atoms with Gasteiger partial charge in [-0.1, -0.05) is 106 Å². The number of benzene rings is 5. The first-order valence-corrected chi connectivity index (χ1v) is 15.3. The second kappa shape index (κ2) is 12.1. The van der Waals surface area contributed by atoms with E-state index in [0.717, 1.165) is 38.9 Å². The fourth-order valence-corrected chi connectivity index (χ4v) is 5.88. The van der Waals surface area contributed by atoms with Crippen LogP contribution in [0.3, 0.4) is 0 Å². The van der Waals surface area contributed by atoms with Gasteiger partial charge in [0.1, 0.15) is 17.1 Å². The van der Waals surface area contributed by atoms with Crippen molar-refractivity contribution in [3.8, 4) is 50.7 Å². The topological polar surface area (TPSA) is 59.2 Å². The Morgan fingerprint density at radius 1 is 0.674 bits per heavy atom. The first-order valence-electron chi connectivity index (χ1n) is 15.8. The zero-order chi connectivity index (χ0) is 32.7. The average molecular weight is 606 g/mol. The number of hydrogen-bond donors (Lipinski definition) is 1. The summed E-state index contributed by atoms with van der Waals surface area (Å²) in [5.74, 6) is -0.805. The predicted octanol–water partition coefficient (Wildman–Crippen LogP) is 11.0. The minimum absolute atomic E-state index is 0.0928. The Morgan fingerprint density at radius 3 is 2.15 bits per heavy atom. The third-order valence-electron chi connectivity index (χ3n) is 8.53. The first-order chi connectivity index (χ1) is 22.7. The second-order valence-electron chi connectivity index (χ2n) is 11.8. The predicted molar refractivity (Wildman–Crippen MR) is 183 cm³/mol. The Bertz CT molecular complexity index is 2220. The van der Waals surface area contributed by atoms with Gasteiger partial charge >= 0.3 is 0 Å². The lowest BCUT2D eigenvalue weighted by molar-refractivity contribution is 0.473. The summed E-state index contributed by atoms with van der Waals surface area (Å²) in [5, 5.41) is 11.1. The largest absolute Gasteiger partial charge is 0.507 e. The molecule has 0 fully saturated rings. The van der Waals surface area contributed by atoms with Crippen LogP contribution in [0.25, 0.3) is 56.1 Å². The molecule has 4 nitrogen and oxygen atoms in total. The molecule has 7 rings (SSSR count). The van der Waals surface area contributed by atoms with Crippen LogP contribution in [-0.2, 0) is 0 Å². The highest BCUT2D eigenvalue weighted by Crippen LogP contribution is 2.39. The molecule has 2 aromatic heterocycles. The monoisotopic (exact) mass is 605 g/mol. The Kier molecular flexibility index (Phi) is 7.35. The van der Waals surface area contributed by atoms with Crippen LogP contribution in [0.2, 0.25) is 0 Å². The van der Waals surface area contributed by atoms with E-state index in [9.17, 15) is 9.50 Å². The van der Waals surface area contributed by atoms with Gasteiger partial charge in [-0.05, 0) is 70.1 Å². The molecular formula is C41H33FN2O2. The highest BCUT2D eigenvalue weighted by Gasteiger charge is 2.19. The lowest BCUT2D eigenvalue weighted by Crippen LogP contribution is -1.96. The maximum Gasteiger partial charge on any atom is 0.231 e. The van der Waals surface area contributed by atoms with Crippen molar-refractivity contribution < 1.29 is 15.3 Å². The summed E-state index contributed by atoms with van der Waals surface area (Å²) in [6.07, 6.45) is 1.25. The molecule has 5 aromatic carbocycles. The smallest absolute Gasteiger partial charge is 0.231 e. The number of halogens is 1. The molecule has 1 unspecified atom stereocenters. The molecule has 1 N–H and O–H groups in total. The molecule has 46 heavy (non-hydrogen) atoms. The molecule has 7 aromatic rings. The summed E-state index contributed by atoms with van der Waals surface area (Å²) in [5.41, 5.74) is 8.84. The molecule has 0 saturated carbocycles. The Hall–Kier alpha value is -5.55. The van der Waals surface area contributed by atoms with Crippen LogP contribution >= 0.6 is 0 Å². The van der Waals surface area contributed by atoms with Gasteiger partial charge in [0.25, 0.3) is 0 Å². The molecule has 0 aliphatic heterocycles. The normalized spacial score (nSPS) is 12.7. The third kappa shape index (κ3) is 5.56. The van der Waals surface area contributed by atoms with Crippen molar-refractivity contribution in [3.05, 3.63) is 150 Å². The van der Waals surface area contributed by atoms with E-state index in [2.05, 4.69) is 24.0 Å². The van der Waals surface area contributed by atoms with Gasteiger partial charge in [0.2, 0.25) is 5.89 Å². The number of oxazole rings is 1. The minimum atomic E-state index is -0.916. The molecule has 0 spiro atoms. The molecule has 0 aliphatic carbocycles. The van der Waals surface area contributed by atoms with E-state index < -0.39 is 11.7 Å². The quantitative estimate of drug-likeness (QED) is 0.196. The van der Waals surface area contributed by atoms with E-state index in [1.807, 2.05) is 111 Å². The molecule has 226 valence electrons. The van der Waals surface area contributed by atoms with E-state index >= 15 is 0 Å². The van der Waals surface area contributed by atoms with Crippen molar-refractivity contribution in [3.63, 3.8) is 0 Å². The molecule has 5 heteroatoms. The summed E-state index contributed by atoms with van der Waals surface area (Å²) in [6, 6.07) is 38.6. The Balaban J connectivity index is 1.31. The summed E-state index contributed by atoms with van der Waals surface area (Å²) >= 11 is 0. The lowest BCUT2D eigenvalue weighted by Gasteiger charge is -2.14. The number of nitrogens with zero attached hydrogens (tertiary/aromatic N) is 2. The first kappa shape index (κ1) is 28.0. The third-order valence-corrected chi connectivity index (χ3v) is 8.53. The highest BCUT2D eigenvalue weighted by molar-refractivity contribution is 5.93. The lowest BCUT2D eigenvalue weighted by atomic mass is 9.92. The maximum absolute atomic E-state index is 14.9. The standard InChI is InChI=1S/C41H33FN2O2/c1-25(2)30-19-31(21-32(20-30)37-23-35(36(42)24-43-37)28-13-8-5-9-14-28)33-15-10-16-39-40(33)44-41(46-39)34-18-17-29(22-38(34)45)26(3)27-11-6-4-7-12-27/h4-26,45H,1-3H3/i25D. The number of hydrogen-bond acceptors (Lipinski definition) is 4. The summed E-state index contributed by atoms with van der Waals surface area (Å²) in [7, 11) is 0. The van der Waals surface area contributed by atoms with Crippen LogP contribution < -0.4 is 0 Å². The molecule has 1 atom stereocenters. The van der Waals surface area contributed by atoms with Gasteiger partial charge in [0.05, 0.1) is 17.5 Å².